The average Bonchev–Trinajstić information content (AvgIpc) is 3.07. The van der Waals surface area contributed by atoms with Crippen LogP contribution in [0.2, 0.25) is 0 Å². The van der Waals surface area contributed by atoms with E-state index in [9.17, 15) is 19.2 Å². The minimum atomic E-state index is -1.00. The highest BCUT2D eigenvalue weighted by Crippen LogP contribution is 2.33. The lowest BCUT2D eigenvalue weighted by Gasteiger charge is -2.21. The molecule has 4 aromatic rings. The summed E-state index contributed by atoms with van der Waals surface area (Å²) in [6, 6.07) is 31.3. The predicted molar refractivity (Wildman–Crippen MR) is 172 cm³/mol. The molecule has 44 heavy (non-hydrogen) atoms. The van der Waals surface area contributed by atoms with Gasteiger partial charge in [-0.15, -0.1) is 0 Å². The van der Waals surface area contributed by atoms with Gasteiger partial charge in [0.25, 0.3) is 5.91 Å². The third kappa shape index (κ3) is 7.64. The molecular formula is C38H35NO5. The first-order chi connectivity index (χ1) is 21.4. The monoisotopic (exact) mass is 585 g/mol. The van der Waals surface area contributed by atoms with E-state index in [2.05, 4.69) is 5.32 Å². The van der Waals surface area contributed by atoms with Crippen LogP contribution in [0.25, 0.3) is 16.7 Å². The summed E-state index contributed by atoms with van der Waals surface area (Å²) in [6.45, 7) is 0.00442. The van der Waals surface area contributed by atoms with E-state index in [-0.39, 0.29) is 30.1 Å². The minimum absolute atomic E-state index is 0.00442. The van der Waals surface area contributed by atoms with Crippen molar-refractivity contribution < 1.29 is 24.3 Å². The molecule has 0 spiro atoms. The number of ketones is 2. The molecule has 1 fully saturated rings. The van der Waals surface area contributed by atoms with Gasteiger partial charge >= 0.3 is 5.97 Å². The Hall–Kier alpha value is -5.10. The van der Waals surface area contributed by atoms with E-state index in [0.717, 1.165) is 11.1 Å². The van der Waals surface area contributed by atoms with Crippen molar-refractivity contribution in [3.8, 4) is 11.1 Å². The molecule has 2 N–H and O–H groups in total. The Balaban J connectivity index is 1.41. The van der Waals surface area contributed by atoms with Gasteiger partial charge in [-0.05, 0) is 59.2 Å². The van der Waals surface area contributed by atoms with Crippen molar-refractivity contribution in [2.45, 2.75) is 44.4 Å². The number of carboxylic acids is 1. The first-order valence-electron chi connectivity index (χ1n) is 15.1. The summed E-state index contributed by atoms with van der Waals surface area (Å²) in [4.78, 5) is 50.5. The summed E-state index contributed by atoms with van der Waals surface area (Å²) >= 11 is 0. The molecule has 1 saturated carbocycles. The molecule has 1 aliphatic rings. The standard InChI is InChI=1S/C38H35NO5/c40-35(31-17-13-29(14-18-31)27-9-5-2-6-10-27)25-34(30-15-11-28(12-16-30)26-7-3-1-4-8-26)37(43)32-19-21-33(22-20-32)38(44)39-24-23-36(41)42/h1,3-4,7-8,11-22,25,27H,2,5-6,9-10,23-24H2,(H,39,44)(H,41,42). The molecule has 6 nitrogen and oxygen atoms in total. The predicted octanol–water partition coefficient (Wildman–Crippen LogP) is 7.76. The molecule has 4 aromatic carbocycles. The summed E-state index contributed by atoms with van der Waals surface area (Å²) in [5.41, 5.74) is 5.30. The molecule has 0 unspecified atom stereocenters. The van der Waals surface area contributed by atoms with Crippen molar-refractivity contribution in [2.75, 3.05) is 6.54 Å². The van der Waals surface area contributed by atoms with E-state index < -0.39 is 11.9 Å². The Labute approximate surface area is 257 Å². The number of Topliss-reactive ketones (excluding diaryl/α,β-unsaturated/α-hetero) is 1. The van der Waals surface area contributed by atoms with Crippen LogP contribution in [0.1, 0.15) is 86.6 Å². The third-order valence-electron chi connectivity index (χ3n) is 8.13. The van der Waals surface area contributed by atoms with E-state index >= 15 is 0 Å². The molecule has 5 rings (SSSR count). The van der Waals surface area contributed by atoms with Gasteiger partial charge in [0.1, 0.15) is 0 Å². The molecule has 0 bridgehead atoms. The van der Waals surface area contributed by atoms with Gasteiger partial charge in [-0.1, -0.05) is 110 Å². The molecule has 0 saturated heterocycles. The second-order valence-corrected chi connectivity index (χ2v) is 11.1. The Morgan fingerprint density at radius 2 is 1.23 bits per heavy atom. The van der Waals surface area contributed by atoms with Crippen molar-refractivity contribution in [1.82, 2.24) is 5.32 Å². The van der Waals surface area contributed by atoms with Crippen molar-refractivity contribution in [2.24, 2.45) is 0 Å². The average molecular weight is 586 g/mol. The first-order valence-corrected chi connectivity index (χ1v) is 15.1. The number of carbonyl (C=O) groups is 4. The fourth-order valence-corrected chi connectivity index (χ4v) is 5.64. The lowest BCUT2D eigenvalue weighted by Crippen LogP contribution is -2.26. The number of nitrogens with one attached hydrogen (secondary N) is 1. The number of amides is 1. The summed E-state index contributed by atoms with van der Waals surface area (Å²) < 4.78 is 0. The maximum Gasteiger partial charge on any atom is 0.305 e. The molecule has 0 radical (unpaired) electrons. The smallest absolute Gasteiger partial charge is 0.305 e. The van der Waals surface area contributed by atoms with E-state index in [4.69, 9.17) is 5.11 Å². The third-order valence-corrected chi connectivity index (χ3v) is 8.13. The Morgan fingerprint density at radius 1 is 0.659 bits per heavy atom. The van der Waals surface area contributed by atoms with Crippen molar-refractivity contribution in [3.05, 3.63) is 137 Å². The van der Waals surface area contributed by atoms with Crippen LogP contribution < -0.4 is 5.32 Å². The van der Waals surface area contributed by atoms with Crippen LogP contribution in [0.3, 0.4) is 0 Å². The quantitative estimate of drug-likeness (QED) is 0.138. The van der Waals surface area contributed by atoms with Gasteiger partial charge in [-0.3, -0.25) is 19.2 Å². The Kier molecular flexibility index (Phi) is 9.92. The zero-order valence-corrected chi connectivity index (χ0v) is 24.5. The van der Waals surface area contributed by atoms with Crippen LogP contribution in [-0.4, -0.2) is 35.1 Å². The topological polar surface area (TPSA) is 101 Å². The molecule has 0 aliphatic heterocycles. The van der Waals surface area contributed by atoms with Gasteiger partial charge in [-0.25, -0.2) is 0 Å². The van der Waals surface area contributed by atoms with E-state index in [1.54, 1.807) is 12.1 Å². The van der Waals surface area contributed by atoms with Gasteiger partial charge < -0.3 is 10.4 Å². The van der Waals surface area contributed by atoms with E-state index in [0.29, 0.717) is 28.2 Å². The molecule has 222 valence electrons. The van der Waals surface area contributed by atoms with Crippen molar-refractivity contribution in [3.63, 3.8) is 0 Å². The number of hydrogen-bond acceptors (Lipinski definition) is 4. The van der Waals surface area contributed by atoms with Gasteiger partial charge in [0.2, 0.25) is 0 Å². The van der Waals surface area contributed by atoms with Gasteiger partial charge in [0.05, 0.1) is 6.42 Å². The fourth-order valence-electron chi connectivity index (χ4n) is 5.64. The van der Waals surface area contributed by atoms with Gasteiger partial charge in [-0.2, -0.15) is 0 Å². The second-order valence-electron chi connectivity index (χ2n) is 11.1. The highest BCUT2D eigenvalue weighted by atomic mass is 16.4. The SMILES string of the molecule is O=C(O)CCNC(=O)c1ccc(C(=O)C(=CC(=O)c2ccc(C3CCCCC3)cc2)c2ccc(-c3ccccc3)cc2)cc1. The highest BCUT2D eigenvalue weighted by Gasteiger charge is 2.19. The summed E-state index contributed by atoms with van der Waals surface area (Å²) in [5, 5.41) is 11.4. The molecular weight excluding hydrogens is 550 g/mol. The Bertz CT molecular complexity index is 1650. The number of hydrogen-bond donors (Lipinski definition) is 2. The summed E-state index contributed by atoms with van der Waals surface area (Å²) in [7, 11) is 0. The zero-order valence-electron chi connectivity index (χ0n) is 24.5. The lowest BCUT2D eigenvalue weighted by molar-refractivity contribution is -0.136. The van der Waals surface area contributed by atoms with E-state index in [1.165, 1.54) is 55.9 Å². The van der Waals surface area contributed by atoms with Crippen LogP contribution in [0.15, 0.2) is 109 Å². The van der Waals surface area contributed by atoms with Crippen LogP contribution in [0, 0.1) is 0 Å². The summed E-state index contributed by atoms with van der Waals surface area (Å²) in [6.07, 6.45) is 7.32. The zero-order chi connectivity index (χ0) is 30.9. The number of carboxylic acid groups (broad SMARTS) is 1. The number of benzene rings is 4. The van der Waals surface area contributed by atoms with Crippen LogP contribution >= 0.6 is 0 Å². The van der Waals surface area contributed by atoms with Crippen molar-refractivity contribution >= 4 is 29.0 Å². The van der Waals surface area contributed by atoms with Crippen LogP contribution in [0.5, 0.6) is 0 Å². The lowest BCUT2D eigenvalue weighted by atomic mass is 9.84. The number of carbonyl (C=O) groups excluding carboxylic acids is 3. The van der Waals surface area contributed by atoms with E-state index in [1.807, 2.05) is 78.9 Å². The fraction of sp³-hybridized carbons (Fsp3) is 0.211. The maximum atomic E-state index is 13.9. The first kappa shape index (κ1) is 30.4. The minimum Gasteiger partial charge on any atom is -0.481 e. The van der Waals surface area contributed by atoms with Crippen LogP contribution in [-0.2, 0) is 4.79 Å². The number of allylic oxidation sites excluding steroid dienone is 2. The highest BCUT2D eigenvalue weighted by molar-refractivity contribution is 6.32. The molecule has 0 aromatic heterocycles. The Morgan fingerprint density at radius 3 is 1.86 bits per heavy atom. The number of aliphatic carboxylic acids is 1. The molecule has 0 atom stereocenters. The van der Waals surface area contributed by atoms with Gasteiger partial charge in [0, 0.05) is 28.8 Å². The largest absolute Gasteiger partial charge is 0.481 e. The van der Waals surface area contributed by atoms with Crippen molar-refractivity contribution in [1.29, 1.82) is 0 Å². The van der Waals surface area contributed by atoms with Gasteiger partial charge in [0.15, 0.2) is 11.6 Å². The normalized spacial score (nSPS) is 13.7. The second kappa shape index (κ2) is 14.4. The molecule has 1 amide bonds. The molecule has 0 heterocycles. The maximum absolute atomic E-state index is 13.9. The van der Waals surface area contributed by atoms with Crippen LogP contribution in [0.4, 0.5) is 0 Å². The molecule has 6 heteroatoms. The summed E-state index contributed by atoms with van der Waals surface area (Å²) in [5.74, 6) is -1.50. The number of rotatable bonds is 11. The molecule has 1 aliphatic carbocycles.